The van der Waals surface area contributed by atoms with Crippen LogP contribution < -0.4 is 5.32 Å². The molecule has 114 valence electrons. The molecule has 1 unspecified atom stereocenters. The first-order valence-corrected chi connectivity index (χ1v) is 7.30. The molecule has 0 aliphatic rings. The minimum absolute atomic E-state index is 0.157. The molecule has 1 atom stereocenters. The summed E-state index contributed by atoms with van der Waals surface area (Å²) in [4.78, 5) is 15.2. The van der Waals surface area contributed by atoms with E-state index in [9.17, 15) is 9.90 Å². The van der Waals surface area contributed by atoms with Crippen LogP contribution in [0.25, 0.3) is 10.9 Å². The second kappa shape index (κ2) is 6.07. The van der Waals surface area contributed by atoms with Crippen LogP contribution in [0.1, 0.15) is 28.7 Å². The van der Waals surface area contributed by atoms with Gasteiger partial charge in [0.2, 0.25) is 0 Å². The summed E-state index contributed by atoms with van der Waals surface area (Å²) < 4.78 is 1.88. The summed E-state index contributed by atoms with van der Waals surface area (Å²) in [7, 11) is 1.89. The summed E-state index contributed by atoms with van der Waals surface area (Å²) in [6, 6.07) is 13.4. The number of rotatable bonds is 5. The Hall–Kier alpha value is -2.53. The molecule has 5 heteroatoms. The maximum atomic E-state index is 12.1. The number of aromatic nitrogens is 2. The number of hydrogen-bond donors (Lipinski definition) is 3. The van der Waals surface area contributed by atoms with Gasteiger partial charge in [-0.15, -0.1) is 0 Å². The lowest BCUT2D eigenvalue weighted by Crippen LogP contribution is -2.26. The molecule has 0 fully saturated rings. The topological polar surface area (TPSA) is 70.0 Å². The molecular formula is C17H19N3O2. The Balaban J connectivity index is 1.57. The molecule has 0 aliphatic carbocycles. The molecule has 5 nitrogen and oxygen atoms in total. The lowest BCUT2D eigenvalue weighted by molar-refractivity contribution is 0.0937. The van der Waals surface area contributed by atoms with Crippen molar-refractivity contribution >= 4 is 16.8 Å². The standard InChI is InChI=1S/C17H19N3O2/c1-20-10-4-7-15(20)16(21)8-9-18-17(22)14-11-12-5-2-3-6-13(12)19-14/h2-7,10-11,16,19,21H,8-9H2,1H3,(H,18,22). The van der Waals surface area contributed by atoms with E-state index in [0.717, 1.165) is 16.6 Å². The van der Waals surface area contributed by atoms with Crippen molar-refractivity contribution < 1.29 is 9.90 Å². The number of aryl methyl sites for hydroxylation is 1. The summed E-state index contributed by atoms with van der Waals surface area (Å²) in [6.45, 7) is 0.417. The van der Waals surface area contributed by atoms with Gasteiger partial charge in [-0.1, -0.05) is 18.2 Å². The molecule has 0 saturated heterocycles. The Kier molecular flexibility index (Phi) is 3.98. The Morgan fingerprint density at radius 1 is 1.32 bits per heavy atom. The molecule has 0 aliphatic heterocycles. The van der Waals surface area contributed by atoms with Crippen molar-refractivity contribution in [3.63, 3.8) is 0 Å². The zero-order valence-corrected chi connectivity index (χ0v) is 12.4. The number of H-pyrrole nitrogens is 1. The molecule has 22 heavy (non-hydrogen) atoms. The van der Waals surface area contributed by atoms with E-state index in [-0.39, 0.29) is 5.91 Å². The Morgan fingerprint density at radius 2 is 2.14 bits per heavy atom. The van der Waals surface area contributed by atoms with E-state index in [1.165, 1.54) is 0 Å². The number of carbonyl (C=O) groups excluding carboxylic acids is 1. The van der Waals surface area contributed by atoms with Gasteiger partial charge in [-0.3, -0.25) is 4.79 Å². The molecule has 3 aromatic rings. The first-order chi connectivity index (χ1) is 10.6. The highest BCUT2D eigenvalue weighted by atomic mass is 16.3. The van der Waals surface area contributed by atoms with Crippen LogP contribution in [0.15, 0.2) is 48.7 Å². The van der Waals surface area contributed by atoms with E-state index in [1.807, 2.05) is 60.3 Å². The van der Waals surface area contributed by atoms with Crippen LogP contribution >= 0.6 is 0 Å². The van der Waals surface area contributed by atoms with E-state index < -0.39 is 6.10 Å². The zero-order chi connectivity index (χ0) is 15.5. The minimum atomic E-state index is -0.581. The third kappa shape index (κ3) is 2.89. The largest absolute Gasteiger partial charge is 0.387 e. The average Bonchev–Trinajstić information content (AvgIpc) is 3.12. The molecule has 0 spiro atoms. The molecule has 0 saturated carbocycles. The van der Waals surface area contributed by atoms with Crippen molar-refractivity contribution in [2.45, 2.75) is 12.5 Å². The lowest BCUT2D eigenvalue weighted by atomic mass is 10.2. The molecule has 1 amide bonds. The summed E-state index contributed by atoms with van der Waals surface area (Å²) in [5.74, 6) is -0.157. The number of carbonyl (C=O) groups is 1. The normalized spacial score (nSPS) is 12.5. The lowest BCUT2D eigenvalue weighted by Gasteiger charge is -2.12. The van der Waals surface area contributed by atoms with E-state index in [1.54, 1.807) is 0 Å². The highest BCUT2D eigenvalue weighted by Crippen LogP contribution is 2.16. The van der Waals surface area contributed by atoms with Gasteiger partial charge in [-0.05, 0) is 30.7 Å². The first kappa shape index (κ1) is 14.4. The zero-order valence-electron chi connectivity index (χ0n) is 12.4. The molecular weight excluding hydrogens is 278 g/mol. The van der Waals surface area contributed by atoms with Gasteiger partial charge < -0.3 is 20.0 Å². The van der Waals surface area contributed by atoms with Gasteiger partial charge in [0.15, 0.2) is 0 Å². The van der Waals surface area contributed by atoms with Gasteiger partial charge in [0, 0.05) is 36.4 Å². The number of nitrogens with one attached hydrogen (secondary N) is 2. The van der Waals surface area contributed by atoms with Gasteiger partial charge in [0.05, 0.1) is 6.10 Å². The first-order valence-electron chi connectivity index (χ1n) is 7.30. The molecule has 0 bridgehead atoms. The van der Waals surface area contributed by atoms with E-state index >= 15 is 0 Å². The Morgan fingerprint density at radius 3 is 2.86 bits per heavy atom. The van der Waals surface area contributed by atoms with Crippen LogP contribution in [0.2, 0.25) is 0 Å². The maximum absolute atomic E-state index is 12.1. The van der Waals surface area contributed by atoms with E-state index in [2.05, 4.69) is 10.3 Å². The van der Waals surface area contributed by atoms with Gasteiger partial charge in [0.1, 0.15) is 5.69 Å². The van der Waals surface area contributed by atoms with Crippen LogP contribution in [-0.4, -0.2) is 27.1 Å². The maximum Gasteiger partial charge on any atom is 0.267 e. The fourth-order valence-electron chi connectivity index (χ4n) is 2.58. The van der Waals surface area contributed by atoms with Crippen molar-refractivity contribution in [3.05, 3.63) is 60.0 Å². The van der Waals surface area contributed by atoms with E-state index in [4.69, 9.17) is 0 Å². The third-order valence-electron chi connectivity index (χ3n) is 3.80. The average molecular weight is 297 g/mol. The molecule has 3 rings (SSSR count). The van der Waals surface area contributed by atoms with Crippen molar-refractivity contribution in [1.82, 2.24) is 14.9 Å². The Bertz CT molecular complexity index is 755. The van der Waals surface area contributed by atoms with E-state index in [0.29, 0.717) is 18.7 Å². The number of nitrogens with zero attached hydrogens (tertiary/aromatic N) is 1. The molecule has 2 aromatic heterocycles. The SMILES string of the molecule is Cn1cccc1C(O)CCNC(=O)c1cc2ccccc2[nH]1. The number of aliphatic hydroxyl groups excluding tert-OH is 1. The van der Waals surface area contributed by atoms with Gasteiger partial charge in [-0.25, -0.2) is 0 Å². The summed E-state index contributed by atoms with van der Waals surface area (Å²) in [5.41, 5.74) is 2.32. The number of amides is 1. The van der Waals surface area contributed by atoms with Crippen LogP contribution in [0.5, 0.6) is 0 Å². The molecule has 3 N–H and O–H groups in total. The number of fused-ring (bicyclic) bond motifs is 1. The number of benzene rings is 1. The van der Waals surface area contributed by atoms with Crippen molar-refractivity contribution in [1.29, 1.82) is 0 Å². The predicted octanol–water partition coefficient (Wildman–Crippen LogP) is 2.36. The van der Waals surface area contributed by atoms with Gasteiger partial charge >= 0.3 is 0 Å². The van der Waals surface area contributed by atoms with Crippen LogP contribution in [0.4, 0.5) is 0 Å². The highest BCUT2D eigenvalue weighted by Gasteiger charge is 2.12. The number of hydrogen-bond acceptors (Lipinski definition) is 2. The summed E-state index contributed by atoms with van der Waals surface area (Å²) in [6.07, 6.45) is 1.79. The van der Waals surface area contributed by atoms with Crippen LogP contribution in [0, 0.1) is 0 Å². The second-order valence-electron chi connectivity index (χ2n) is 5.37. The minimum Gasteiger partial charge on any atom is -0.387 e. The Labute approximate surface area is 128 Å². The van der Waals surface area contributed by atoms with Crippen LogP contribution in [0.3, 0.4) is 0 Å². The highest BCUT2D eigenvalue weighted by molar-refractivity contribution is 5.97. The monoisotopic (exact) mass is 297 g/mol. The number of para-hydroxylation sites is 1. The summed E-state index contributed by atoms with van der Waals surface area (Å²) in [5, 5.41) is 14.0. The van der Waals surface area contributed by atoms with Gasteiger partial charge in [-0.2, -0.15) is 0 Å². The third-order valence-corrected chi connectivity index (χ3v) is 3.80. The fourth-order valence-corrected chi connectivity index (χ4v) is 2.58. The van der Waals surface area contributed by atoms with Crippen molar-refractivity contribution in [3.8, 4) is 0 Å². The van der Waals surface area contributed by atoms with Crippen LogP contribution in [-0.2, 0) is 7.05 Å². The second-order valence-corrected chi connectivity index (χ2v) is 5.37. The molecule has 1 aromatic carbocycles. The number of aromatic amines is 1. The van der Waals surface area contributed by atoms with Gasteiger partial charge in [0.25, 0.3) is 5.91 Å². The quantitative estimate of drug-likeness (QED) is 0.676. The smallest absolute Gasteiger partial charge is 0.267 e. The fraction of sp³-hybridized carbons (Fsp3) is 0.235. The number of aliphatic hydroxyl groups is 1. The predicted molar refractivity (Wildman–Crippen MR) is 85.6 cm³/mol. The van der Waals surface area contributed by atoms with Crippen molar-refractivity contribution in [2.24, 2.45) is 7.05 Å². The van der Waals surface area contributed by atoms with Crippen molar-refractivity contribution in [2.75, 3.05) is 6.54 Å². The molecule has 0 radical (unpaired) electrons. The molecule has 2 heterocycles. The summed E-state index contributed by atoms with van der Waals surface area (Å²) >= 11 is 0.